The first kappa shape index (κ1) is 18.8. The second kappa shape index (κ2) is 6.53. The summed E-state index contributed by atoms with van der Waals surface area (Å²) in [7, 11) is -3.11. The molecule has 1 fully saturated rings. The standard InChI is InChI=1S/C23H22N4O3S/c1-31(29,30)26-10-8-25(9-11-26)14-15-6-7-20-17(12-15)21-22(27(20)21)18-13-16-4-2-3-5-19(16)24-23(18)28/h2-7,12-13H,8-11,14H2,1H3,(H,24,28). The molecule has 3 aliphatic heterocycles. The van der Waals surface area contributed by atoms with Gasteiger partial charge in [0.25, 0.3) is 5.56 Å². The molecule has 0 amide bonds. The van der Waals surface area contributed by atoms with Crippen LogP contribution in [0.5, 0.6) is 0 Å². The van der Waals surface area contributed by atoms with E-state index in [2.05, 4.69) is 32.7 Å². The average molecular weight is 435 g/mol. The molecule has 0 atom stereocenters. The molecule has 6 rings (SSSR count). The van der Waals surface area contributed by atoms with E-state index >= 15 is 0 Å². The molecule has 3 aromatic rings. The van der Waals surface area contributed by atoms with Crippen LogP contribution in [0, 0.1) is 0 Å². The summed E-state index contributed by atoms with van der Waals surface area (Å²) >= 11 is 0. The quantitative estimate of drug-likeness (QED) is 0.472. The van der Waals surface area contributed by atoms with Gasteiger partial charge >= 0.3 is 0 Å². The highest BCUT2D eigenvalue weighted by molar-refractivity contribution is 7.88. The SMILES string of the molecule is CS(=O)(=O)N1CCN(Cc2ccc3c(c2)c2c(-c4cc5ccccc5[nH]c4=O)n3-2)CC1. The second-order valence-corrected chi connectivity index (χ2v) is 10.4. The highest BCUT2D eigenvalue weighted by atomic mass is 32.2. The number of fused-ring (bicyclic) bond motifs is 5. The van der Waals surface area contributed by atoms with Crippen molar-refractivity contribution < 1.29 is 8.42 Å². The van der Waals surface area contributed by atoms with Crippen molar-refractivity contribution in [3.8, 4) is 16.9 Å². The summed E-state index contributed by atoms with van der Waals surface area (Å²) < 4.78 is 27.1. The van der Waals surface area contributed by atoms with Gasteiger partial charge in [-0.05, 0) is 35.2 Å². The Morgan fingerprint density at radius 3 is 2.55 bits per heavy atom. The van der Waals surface area contributed by atoms with E-state index in [0.29, 0.717) is 18.7 Å². The monoisotopic (exact) mass is 434 g/mol. The number of para-hydroxylation sites is 1. The number of rotatable bonds is 4. The molecule has 158 valence electrons. The molecule has 7 nitrogen and oxygen atoms in total. The van der Waals surface area contributed by atoms with Gasteiger partial charge in [0.1, 0.15) is 0 Å². The van der Waals surface area contributed by atoms with Gasteiger partial charge < -0.3 is 9.55 Å². The highest BCUT2D eigenvalue weighted by Gasteiger charge is 2.35. The predicted octanol–water partition coefficient (Wildman–Crippen LogP) is 2.53. The summed E-state index contributed by atoms with van der Waals surface area (Å²) in [6.45, 7) is 3.34. The molecule has 3 aliphatic rings. The number of nitrogens with zero attached hydrogens (tertiary/aromatic N) is 3. The maximum atomic E-state index is 12.6. The third-order valence-electron chi connectivity index (χ3n) is 6.39. The summed E-state index contributed by atoms with van der Waals surface area (Å²) in [5, 5.41) is 2.21. The van der Waals surface area contributed by atoms with Crippen LogP contribution in [0.3, 0.4) is 0 Å². The molecule has 8 heteroatoms. The number of pyridine rings is 1. The Hall–Kier alpha value is -2.94. The van der Waals surface area contributed by atoms with Crippen LogP contribution < -0.4 is 5.56 Å². The largest absolute Gasteiger partial charge is 0.321 e. The number of piperazine rings is 1. The first-order chi connectivity index (χ1) is 14.9. The average Bonchev–Trinajstić information content (AvgIpc) is 3.40. The van der Waals surface area contributed by atoms with Crippen LogP contribution in [0.25, 0.3) is 38.8 Å². The molecule has 2 aromatic carbocycles. The number of hydrogen-bond acceptors (Lipinski definition) is 4. The van der Waals surface area contributed by atoms with Crippen LogP contribution >= 0.6 is 0 Å². The lowest BCUT2D eigenvalue weighted by Crippen LogP contribution is -2.47. The molecule has 1 saturated heterocycles. The van der Waals surface area contributed by atoms with Crippen molar-refractivity contribution in [2.75, 3.05) is 32.4 Å². The Bertz CT molecular complexity index is 1530. The van der Waals surface area contributed by atoms with Gasteiger partial charge in [0.2, 0.25) is 10.0 Å². The second-order valence-electron chi connectivity index (χ2n) is 8.42. The minimum atomic E-state index is -3.11. The lowest BCUT2D eigenvalue weighted by molar-refractivity contribution is 0.182. The number of hydrogen-bond donors (Lipinski definition) is 1. The molecule has 31 heavy (non-hydrogen) atoms. The van der Waals surface area contributed by atoms with Gasteiger partial charge in [-0.15, -0.1) is 0 Å². The van der Waals surface area contributed by atoms with Crippen LogP contribution in [0.1, 0.15) is 5.56 Å². The number of sulfonamides is 1. The van der Waals surface area contributed by atoms with Crippen molar-refractivity contribution in [2.45, 2.75) is 6.54 Å². The summed E-state index contributed by atoms with van der Waals surface area (Å²) in [6, 6.07) is 16.2. The predicted molar refractivity (Wildman–Crippen MR) is 122 cm³/mol. The number of benzene rings is 2. The molecule has 0 radical (unpaired) electrons. The maximum absolute atomic E-state index is 12.6. The van der Waals surface area contributed by atoms with Crippen molar-refractivity contribution in [2.24, 2.45) is 0 Å². The molecule has 0 unspecified atom stereocenters. The van der Waals surface area contributed by atoms with Crippen LogP contribution in [-0.2, 0) is 16.6 Å². The van der Waals surface area contributed by atoms with E-state index in [-0.39, 0.29) is 5.56 Å². The van der Waals surface area contributed by atoms with Crippen molar-refractivity contribution >= 4 is 31.8 Å². The first-order valence-corrected chi connectivity index (χ1v) is 12.2. The smallest absolute Gasteiger partial charge is 0.257 e. The van der Waals surface area contributed by atoms with E-state index in [1.165, 1.54) is 17.2 Å². The van der Waals surface area contributed by atoms with Gasteiger partial charge in [-0.2, -0.15) is 4.31 Å². The van der Waals surface area contributed by atoms with Gasteiger partial charge in [0.05, 0.1) is 28.7 Å². The third kappa shape index (κ3) is 3.02. The van der Waals surface area contributed by atoms with Gasteiger partial charge in [-0.1, -0.05) is 24.3 Å². The summed E-state index contributed by atoms with van der Waals surface area (Å²) in [4.78, 5) is 17.9. The molecule has 4 heterocycles. The van der Waals surface area contributed by atoms with Crippen LogP contribution in [-0.4, -0.2) is 59.6 Å². The number of nitrogens with one attached hydrogen (secondary N) is 1. The molecular weight excluding hydrogens is 412 g/mol. The lowest BCUT2D eigenvalue weighted by atomic mass is 10.1. The zero-order valence-electron chi connectivity index (χ0n) is 17.1. The van der Waals surface area contributed by atoms with E-state index in [0.717, 1.165) is 47.4 Å². The van der Waals surface area contributed by atoms with Gasteiger partial charge in [-0.25, -0.2) is 8.42 Å². The fourth-order valence-electron chi connectivity index (χ4n) is 4.72. The summed E-state index contributed by atoms with van der Waals surface area (Å²) in [5.74, 6) is 0. The molecule has 1 N–H and O–H groups in total. The van der Waals surface area contributed by atoms with E-state index in [9.17, 15) is 13.2 Å². The zero-order chi connectivity index (χ0) is 21.3. The molecule has 1 aromatic heterocycles. The van der Waals surface area contributed by atoms with E-state index < -0.39 is 10.0 Å². The Kier molecular flexibility index (Phi) is 3.96. The van der Waals surface area contributed by atoms with E-state index in [1.807, 2.05) is 30.3 Å². The highest BCUT2D eigenvalue weighted by Crippen LogP contribution is 2.50. The van der Waals surface area contributed by atoms with Crippen LogP contribution in [0.15, 0.2) is 53.3 Å². The minimum absolute atomic E-state index is 0.0644. The number of aromatic amines is 1. The Labute approximate surface area is 179 Å². The summed E-state index contributed by atoms with van der Waals surface area (Å²) in [5.41, 5.74) is 5.98. The first-order valence-electron chi connectivity index (χ1n) is 10.4. The van der Waals surface area contributed by atoms with Crippen molar-refractivity contribution in [3.05, 3.63) is 64.4 Å². The number of aromatic nitrogens is 2. The third-order valence-corrected chi connectivity index (χ3v) is 7.70. The molecule has 0 bridgehead atoms. The fourth-order valence-corrected chi connectivity index (χ4v) is 5.54. The van der Waals surface area contributed by atoms with Gasteiger partial charge in [-0.3, -0.25) is 9.69 Å². The maximum Gasteiger partial charge on any atom is 0.257 e. The number of H-pyrrole nitrogens is 1. The minimum Gasteiger partial charge on any atom is -0.321 e. The Morgan fingerprint density at radius 2 is 1.77 bits per heavy atom. The van der Waals surface area contributed by atoms with Crippen molar-refractivity contribution in [3.63, 3.8) is 0 Å². The molecule has 0 aliphatic carbocycles. The normalized spacial score (nSPS) is 16.9. The fraction of sp³-hybridized carbons (Fsp3) is 0.261. The van der Waals surface area contributed by atoms with Crippen LogP contribution in [0.4, 0.5) is 0 Å². The Morgan fingerprint density at radius 1 is 1.00 bits per heavy atom. The lowest BCUT2D eigenvalue weighted by Gasteiger charge is -2.33. The zero-order valence-corrected chi connectivity index (χ0v) is 17.9. The van der Waals surface area contributed by atoms with Crippen LogP contribution in [0.2, 0.25) is 0 Å². The van der Waals surface area contributed by atoms with Gasteiger partial charge in [0.15, 0.2) is 0 Å². The molecule has 0 saturated carbocycles. The molecule has 0 spiro atoms. The van der Waals surface area contributed by atoms with E-state index in [4.69, 9.17) is 0 Å². The Balaban J connectivity index is 1.27. The molecular formula is C23H22N4O3S. The van der Waals surface area contributed by atoms with E-state index in [1.54, 1.807) is 4.31 Å². The topological polar surface area (TPSA) is 78.4 Å². The van der Waals surface area contributed by atoms with Crippen molar-refractivity contribution in [1.82, 2.24) is 18.8 Å². The van der Waals surface area contributed by atoms with Gasteiger partial charge in [0, 0.05) is 43.6 Å². The van der Waals surface area contributed by atoms with Crippen molar-refractivity contribution in [1.29, 1.82) is 0 Å². The summed E-state index contributed by atoms with van der Waals surface area (Å²) in [6.07, 6.45) is 1.27.